The van der Waals surface area contributed by atoms with Gasteiger partial charge >= 0.3 is 0 Å². The third kappa shape index (κ3) is 3.53. The number of rotatable bonds is 5. The van der Waals surface area contributed by atoms with E-state index < -0.39 is 0 Å². The first-order valence-electron chi connectivity index (χ1n) is 10.3. The van der Waals surface area contributed by atoms with Gasteiger partial charge in [0.25, 0.3) is 5.91 Å². The molecular weight excluding hydrogens is 406 g/mol. The number of ether oxygens (including phenoxy) is 1. The van der Waals surface area contributed by atoms with Crippen LogP contribution in [0, 0.1) is 6.92 Å². The van der Waals surface area contributed by atoms with Gasteiger partial charge in [-0.15, -0.1) is 11.3 Å². The van der Waals surface area contributed by atoms with Crippen molar-refractivity contribution in [2.45, 2.75) is 26.3 Å². The number of para-hydroxylation sites is 2. The lowest BCUT2D eigenvalue weighted by atomic mass is 9.95. The standard InChI is InChI=1S/C25H23N3O2S/c1-16-23-20(28(27-16)19-9-4-3-5-10-19)13-12-17-14-22(31-24(17)23)25(29)26-15-18-8-6-7-11-21(18)30-2/h3-11,14H,12-13,15H2,1-2H3,(H,26,29). The summed E-state index contributed by atoms with van der Waals surface area (Å²) in [7, 11) is 1.64. The van der Waals surface area contributed by atoms with Crippen molar-refractivity contribution in [3.05, 3.63) is 88.1 Å². The van der Waals surface area contributed by atoms with Crippen LogP contribution in [0.3, 0.4) is 0 Å². The Labute approximate surface area is 185 Å². The summed E-state index contributed by atoms with van der Waals surface area (Å²) in [6.07, 6.45) is 1.83. The largest absolute Gasteiger partial charge is 0.496 e. The predicted molar refractivity (Wildman–Crippen MR) is 123 cm³/mol. The number of hydrogen-bond donors (Lipinski definition) is 1. The maximum absolute atomic E-state index is 12.9. The van der Waals surface area contributed by atoms with E-state index >= 15 is 0 Å². The first kappa shape index (κ1) is 19.6. The molecule has 0 unspecified atom stereocenters. The molecule has 0 saturated carbocycles. The number of thiophene rings is 1. The topological polar surface area (TPSA) is 56.1 Å². The van der Waals surface area contributed by atoms with Crippen LogP contribution in [0.5, 0.6) is 5.75 Å². The molecule has 0 radical (unpaired) electrons. The van der Waals surface area contributed by atoms with Crippen molar-refractivity contribution in [3.63, 3.8) is 0 Å². The number of carbonyl (C=O) groups excluding carboxylic acids is 1. The van der Waals surface area contributed by atoms with Crippen LogP contribution in [0.15, 0.2) is 60.7 Å². The van der Waals surface area contributed by atoms with E-state index in [4.69, 9.17) is 9.84 Å². The minimum absolute atomic E-state index is 0.0556. The Morgan fingerprint density at radius 1 is 1.13 bits per heavy atom. The van der Waals surface area contributed by atoms with E-state index in [0.29, 0.717) is 6.54 Å². The number of nitrogens with zero attached hydrogens (tertiary/aromatic N) is 2. The second-order valence-electron chi connectivity index (χ2n) is 7.61. The number of fused-ring (bicyclic) bond motifs is 3. The molecule has 31 heavy (non-hydrogen) atoms. The molecular formula is C25H23N3O2S. The molecule has 1 aliphatic carbocycles. The number of methoxy groups -OCH3 is 1. The number of nitrogens with one attached hydrogen (secondary N) is 1. The molecule has 0 aliphatic heterocycles. The Morgan fingerprint density at radius 3 is 2.71 bits per heavy atom. The fraction of sp³-hybridized carbons (Fsp3) is 0.200. The van der Waals surface area contributed by atoms with Crippen LogP contribution >= 0.6 is 11.3 Å². The summed E-state index contributed by atoms with van der Waals surface area (Å²) in [6.45, 7) is 2.48. The fourth-order valence-corrected chi connectivity index (χ4v) is 5.43. The average molecular weight is 430 g/mol. The molecule has 5 nitrogen and oxygen atoms in total. The molecule has 1 aliphatic rings. The lowest BCUT2D eigenvalue weighted by molar-refractivity contribution is 0.0954. The van der Waals surface area contributed by atoms with Crippen LogP contribution in [-0.4, -0.2) is 22.8 Å². The number of aromatic nitrogens is 2. The number of benzene rings is 2. The summed E-state index contributed by atoms with van der Waals surface area (Å²) >= 11 is 1.56. The van der Waals surface area contributed by atoms with E-state index in [9.17, 15) is 4.79 Å². The molecule has 0 saturated heterocycles. The van der Waals surface area contributed by atoms with E-state index in [0.717, 1.165) is 40.4 Å². The summed E-state index contributed by atoms with van der Waals surface area (Å²) < 4.78 is 7.43. The third-order valence-electron chi connectivity index (χ3n) is 5.68. The zero-order valence-electron chi connectivity index (χ0n) is 17.5. The van der Waals surface area contributed by atoms with Gasteiger partial charge < -0.3 is 10.1 Å². The maximum Gasteiger partial charge on any atom is 0.261 e. The molecule has 5 rings (SSSR count). The van der Waals surface area contributed by atoms with Gasteiger partial charge in [0.05, 0.1) is 29.1 Å². The average Bonchev–Trinajstić information content (AvgIpc) is 3.39. The Bertz CT molecular complexity index is 1260. The van der Waals surface area contributed by atoms with Gasteiger partial charge in [-0.1, -0.05) is 36.4 Å². The summed E-state index contributed by atoms with van der Waals surface area (Å²) in [6, 6.07) is 20.0. The molecule has 2 aromatic carbocycles. The van der Waals surface area contributed by atoms with Gasteiger partial charge in [0, 0.05) is 22.5 Å². The highest BCUT2D eigenvalue weighted by molar-refractivity contribution is 7.17. The fourth-order valence-electron chi connectivity index (χ4n) is 4.19. The van der Waals surface area contributed by atoms with E-state index in [1.807, 2.05) is 48.5 Å². The van der Waals surface area contributed by atoms with Crippen LogP contribution in [-0.2, 0) is 19.4 Å². The normalized spacial score (nSPS) is 12.2. The van der Waals surface area contributed by atoms with Crippen LogP contribution < -0.4 is 10.1 Å². The first-order chi connectivity index (χ1) is 15.2. The van der Waals surface area contributed by atoms with Gasteiger partial charge in [-0.05, 0) is 49.6 Å². The van der Waals surface area contributed by atoms with Crippen molar-refractivity contribution in [1.82, 2.24) is 15.1 Å². The summed E-state index contributed by atoms with van der Waals surface area (Å²) in [4.78, 5) is 14.8. The highest BCUT2D eigenvalue weighted by atomic mass is 32.1. The Hall–Kier alpha value is -3.38. The number of amides is 1. The number of carbonyl (C=O) groups is 1. The van der Waals surface area contributed by atoms with Crippen molar-refractivity contribution in [3.8, 4) is 21.9 Å². The van der Waals surface area contributed by atoms with Gasteiger partial charge in [0.2, 0.25) is 0 Å². The summed E-state index contributed by atoms with van der Waals surface area (Å²) in [5, 5.41) is 7.86. The van der Waals surface area contributed by atoms with E-state index in [1.54, 1.807) is 18.4 Å². The van der Waals surface area contributed by atoms with Gasteiger partial charge in [0.15, 0.2) is 0 Å². The Kier molecular flexibility index (Phi) is 5.08. The number of aryl methyl sites for hydroxylation is 2. The SMILES string of the molecule is COc1ccccc1CNC(=O)c1cc2c(s1)-c1c(C)nn(-c3ccccc3)c1CC2. The minimum Gasteiger partial charge on any atom is -0.496 e. The highest BCUT2D eigenvalue weighted by Gasteiger charge is 2.27. The monoisotopic (exact) mass is 429 g/mol. The van der Waals surface area contributed by atoms with Crippen LogP contribution in [0.2, 0.25) is 0 Å². The minimum atomic E-state index is -0.0556. The van der Waals surface area contributed by atoms with Crippen molar-refractivity contribution in [2.75, 3.05) is 7.11 Å². The second-order valence-corrected chi connectivity index (χ2v) is 8.67. The zero-order chi connectivity index (χ0) is 21.4. The number of hydrogen-bond acceptors (Lipinski definition) is 4. The first-order valence-corrected chi connectivity index (χ1v) is 11.1. The van der Waals surface area contributed by atoms with Crippen molar-refractivity contribution in [1.29, 1.82) is 0 Å². The summed E-state index contributed by atoms with van der Waals surface area (Å²) in [5.41, 5.74) is 6.67. The van der Waals surface area contributed by atoms with Gasteiger partial charge in [-0.2, -0.15) is 5.10 Å². The Morgan fingerprint density at radius 2 is 1.90 bits per heavy atom. The van der Waals surface area contributed by atoms with E-state index in [-0.39, 0.29) is 5.91 Å². The zero-order valence-corrected chi connectivity index (χ0v) is 18.3. The van der Waals surface area contributed by atoms with Gasteiger partial charge in [-0.3, -0.25) is 4.79 Å². The van der Waals surface area contributed by atoms with Crippen molar-refractivity contribution < 1.29 is 9.53 Å². The molecule has 4 aromatic rings. The van der Waals surface area contributed by atoms with Crippen molar-refractivity contribution in [2.24, 2.45) is 0 Å². The lowest BCUT2D eigenvalue weighted by Crippen LogP contribution is -2.22. The maximum atomic E-state index is 12.9. The molecule has 0 spiro atoms. The molecule has 0 bridgehead atoms. The molecule has 0 fully saturated rings. The van der Waals surface area contributed by atoms with E-state index in [1.165, 1.54) is 21.7 Å². The second kappa shape index (κ2) is 8.04. The molecule has 0 atom stereocenters. The molecule has 6 heteroatoms. The molecule has 1 N–H and O–H groups in total. The smallest absolute Gasteiger partial charge is 0.261 e. The lowest BCUT2D eigenvalue weighted by Gasteiger charge is -2.14. The van der Waals surface area contributed by atoms with Gasteiger partial charge in [-0.25, -0.2) is 4.68 Å². The summed E-state index contributed by atoms with van der Waals surface area (Å²) in [5.74, 6) is 0.724. The highest BCUT2D eigenvalue weighted by Crippen LogP contribution is 2.42. The predicted octanol–water partition coefficient (Wildman–Crippen LogP) is 4.95. The van der Waals surface area contributed by atoms with Crippen molar-refractivity contribution >= 4 is 17.2 Å². The third-order valence-corrected chi connectivity index (χ3v) is 6.87. The van der Waals surface area contributed by atoms with Gasteiger partial charge in [0.1, 0.15) is 5.75 Å². The quantitative estimate of drug-likeness (QED) is 0.489. The molecule has 2 aromatic heterocycles. The van der Waals surface area contributed by atoms with Crippen LogP contribution in [0.4, 0.5) is 0 Å². The van der Waals surface area contributed by atoms with Crippen LogP contribution in [0.1, 0.15) is 32.2 Å². The molecule has 1 amide bonds. The molecule has 156 valence electrons. The van der Waals surface area contributed by atoms with E-state index in [2.05, 4.69) is 29.1 Å². The van der Waals surface area contributed by atoms with Crippen LogP contribution in [0.25, 0.3) is 16.1 Å². The molecule has 2 heterocycles. The Balaban J connectivity index is 1.42.